The number of H-pyrrole nitrogens is 2. The van der Waals surface area contributed by atoms with Crippen LogP contribution in [0.15, 0.2) is 60.9 Å². The third-order valence-electron chi connectivity index (χ3n) is 4.18. The van der Waals surface area contributed by atoms with E-state index in [4.69, 9.17) is 0 Å². The maximum atomic E-state index is 12.3. The van der Waals surface area contributed by atoms with Gasteiger partial charge in [0.1, 0.15) is 0 Å². The Bertz CT molecular complexity index is 1080. The van der Waals surface area contributed by atoms with E-state index in [1.807, 2.05) is 54.7 Å². The summed E-state index contributed by atoms with van der Waals surface area (Å²) in [6.45, 7) is 0. The second-order valence-corrected chi connectivity index (χ2v) is 5.79. The van der Waals surface area contributed by atoms with E-state index in [0.717, 1.165) is 27.4 Å². The molecule has 4 rings (SSSR count). The smallest absolute Gasteiger partial charge is 0.271 e. The number of carbonyl (C=O) groups is 2. The third kappa shape index (κ3) is 2.85. The Morgan fingerprint density at radius 2 is 1.44 bits per heavy atom. The Balaban J connectivity index is 1.42. The number of hydrogen-bond donors (Lipinski definition) is 4. The average Bonchev–Trinajstić information content (AvgIpc) is 3.24. The first-order valence-corrected chi connectivity index (χ1v) is 7.92. The summed E-state index contributed by atoms with van der Waals surface area (Å²) in [6.07, 6.45) is 3.62. The van der Waals surface area contributed by atoms with Crippen molar-refractivity contribution < 1.29 is 9.59 Å². The molecule has 4 aromatic rings. The maximum absolute atomic E-state index is 12.3. The summed E-state index contributed by atoms with van der Waals surface area (Å²) >= 11 is 0. The number of fused-ring (bicyclic) bond motifs is 2. The number of hydrazine groups is 1. The highest BCUT2D eigenvalue weighted by Gasteiger charge is 2.13. The lowest BCUT2D eigenvalue weighted by atomic mass is 10.1. The zero-order valence-electron chi connectivity index (χ0n) is 13.3. The van der Waals surface area contributed by atoms with Crippen LogP contribution in [0.1, 0.15) is 15.9 Å². The fourth-order valence-corrected chi connectivity index (χ4v) is 2.95. The van der Waals surface area contributed by atoms with Crippen molar-refractivity contribution in [2.24, 2.45) is 0 Å². The molecule has 0 spiro atoms. The van der Waals surface area contributed by atoms with Gasteiger partial charge >= 0.3 is 0 Å². The molecule has 0 saturated heterocycles. The van der Waals surface area contributed by atoms with Gasteiger partial charge in [-0.1, -0.05) is 36.4 Å². The summed E-state index contributed by atoms with van der Waals surface area (Å²) in [5, 5.41) is 1.81. The summed E-state index contributed by atoms with van der Waals surface area (Å²) in [5.74, 6) is -0.636. The zero-order chi connectivity index (χ0) is 17.2. The first-order chi connectivity index (χ1) is 12.2. The number of carbonyl (C=O) groups excluding carboxylic acids is 2. The molecule has 2 aromatic carbocycles. The number of aromatic amines is 2. The molecule has 0 bridgehead atoms. The van der Waals surface area contributed by atoms with Gasteiger partial charge in [-0.2, -0.15) is 0 Å². The van der Waals surface area contributed by atoms with Gasteiger partial charge in [0, 0.05) is 34.2 Å². The van der Waals surface area contributed by atoms with Gasteiger partial charge in [0.25, 0.3) is 5.91 Å². The molecule has 0 aliphatic heterocycles. The van der Waals surface area contributed by atoms with E-state index < -0.39 is 0 Å². The van der Waals surface area contributed by atoms with Gasteiger partial charge < -0.3 is 9.97 Å². The molecule has 6 nitrogen and oxygen atoms in total. The van der Waals surface area contributed by atoms with Crippen LogP contribution in [-0.2, 0) is 11.2 Å². The standard InChI is InChI=1S/C19H16N4O2/c24-18(9-12-10-20-16-7-3-1-5-13(12)16)22-23-19(25)15-11-21-17-8-4-2-6-14(15)17/h1-8,10-11,20-21H,9H2,(H,22,24)(H,23,25). The van der Waals surface area contributed by atoms with Gasteiger partial charge in [-0.15, -0.1) is 0 Å². The van der Waals surface area contributed by atoms with Crippen LogP contribution in [0.4, 0.5) is 0 Å². The van der Waals surface area contributed by atoms with Gasteiger partial charge in [-0.05, 0) is 17.7 Å². The molecule has 0 radical (unpaired) electrons. The minimum atomic E-state index is -0.357. The highest BCUT2D eigenvalue weighted by atomic mass is 16.2. The molecular weight excluding hydrogens is 316 g/mol. The highest BCUT2D eigenvalue weighted by Crippen LogP contribution is 2.18. The number of benzene rings is 2. The Morgan fingerprint density at radius 3 is 2.24 bits per heavy atom. The molecule has 0 aliphatic rings. The number of rotatable bonds is 3. The fraction of sp³-hybridized carbons (Fsp3) is 0.0526. The summed E-state index contributed by atoms with van der Waals surface area (Å²) in [5.41, 5.74) is 8.17. The van der Waals surface area contributed by atoms with E-state index in [9.17, 15) is 9.59 Å². The first kappa shape index (κ1) is 15.0. The van der Waals surface area contributed by atoms with Crippen molar-refractivity contribution in [3.63, 3.8) is 0 Å². The lowest BCUT2D eigenvalue weighted by Crippen LogP contribution is -2.42. The monoisotopic (exact) mass is 332 g/mol. The quantitative estimate of drug-likeness (QED) is 0.435. The van der Waals surface area contributed by atoms with Crippen LogP contribution in [0.25, 0.3) is 21.8 Å². The van der Waals surface area contributed by atoms with Crippen molar-refractivity contribution >= 4 is 33.6 Å². The van der Waals surface area contributed by atoms with Gasteiger partial charge in [-0.25, -0.2) is 0 Å². The van der Waals surface area contributed by atoms with Crippen molar-refractivity contribution in [1.82, 2.24) is 20.8 Å². The van der Waals surface area contributed by atoms with Crippen molar-refractivity contribution in [2.45, 2.75) is 6.42 Å². The van der Waals surface area contributed by atoms with Gasteiger partial charge in [-0.3, -0.25) is 20.4 Å². The number of para-hydroxylation sites is 2. The first-order valence-electron chi connectivity index (χ1n) is 7.92. The molecule has 4 N–H and O–H groups in total. The van der Waals surface area contributed by atoms with E-state index in [-0.39, 0.29) is 18.2 Å². The van der Waals surface area contributed by atoms with Crippen molar-refractivity contribution in [2.75, 3.05) is 0 Å². The normalized spacial score (nSPS) is 10.9. The number of aromatic nitrogens is 2. The molecule has 124 valence electrons. The van der Waals surface area contributed by atoms with Crippen LogP contribution >= 0.6 is 0 Å². The summed E-state index contributed by atoms with van der Waals surface area (Å²) < 4.78 is 0. The molecule has 25 heavy (non-hydrogen) atoms. The number of nitrogens with one attached hydrogen (secondary N) is 4. The van der Waals surface area contributed by atoms with E-state index in [1.165, 1.54) is 0 Å². The molecule has 6 heteroatoms. The molecular formula is C19H16N4O2. The van der Waals surface area contributed by atoms with Crippen LogP contribution in [0.5, 0.6) is 0 Å². The van der Waals surface area contributed by atoms with Crippen molar-refractivity contribution in [1.29, 1.82) is 0 Å². The average molecular weight is 332 g/mol. The van der Waals surface area contributed by atoms with Crippen molar-refractivity contribution in [3.05, 3.63) is 72.1 Å². The van der Waals surface area contributed by atoms with Crippen molar-refractivity contribution in [3.8, 4) is 0 Å². The minimum Gasteiger partial charge on any atom is -0.361 e. The second-order valence-electron chi connectivity index (χ2n) is 5.79. The summed E-state index contributed by atoms with van der Waals surface area (Å²) in [4.78, 5) is 30.6. The predicted molar refractivity (Wildman–Crippen MR) is 95.9 cm³/mol. The highest BCUT2D eigenvalue weighted by molar-refractivity contribution is 6.07. The molecule has 0 saturated carbocycles. The van der Waals surface area contributed by atoms with Crippen LogP contribution in [-0.4, -0.2) is 21.8 Å². The fourth-order valence-electron chi connectivity index (χ4n) is 2.95. The van der Waals surface area contributed by atoms with E-state index in [1.54, 1.807) is 6.20 Å². The second kappa shape index (κ2) is 6.16. The van der Waals surface area contributed by atoms with Crippen LogP contribution in [0.2, 0.25) is 0 Å². The summed E-state index contributed by atoms with van der Waals surface area (Å²) in [6, 6.07) is 15.3. The molecule has 0 unspecified atom stereocenters. The Kier molecular flexibility index (Phi) is 3.70. The lowest BCUT2D eigenvalue weighted by molar-refractivity contribution is -0.121. The molecule has 0 fully saturated rings. The zero-order valence-corrected chi connectivity index (χ0v) is 13.3. The molecule has 2 heterocycles. The van der Waals surface area contributed by atoms with Gasteiger partial charge in [0.05, 0.1) is 12.0 Å². The predicted octanol–water partition coefficient (Wildman–Crippen LogP) is 2.65. The Labute approximate surface area is 143 Å². The van der Waals surface area contributed by atoms with E-state index >= 15 is 0 Å². The van der Waals surface area contributed by atoms with Crippen LogP contribution in [0.3, 0.4) is 0 Å². The lowest BCUT2D eigenvalue weighted by Gasteiger charge is -2.06. The van der Waals surface area contributed by atoms with E-state index in [0.29, 0.717) is 5.56 Å². The van der Waals surface area contributed by atoms with E-state index in [2.05, 4.69) is 20.8 Å². The minimum absolute atomic E-state index is 0.179. The SMILES string of the molecule is O=C(Cc1c[nH]c2ccccc12)NNC(=O)c1c[nH]c2ccccc12. The molecule has 2 amide bonds. The maximum Gasteiger partial charge on any atom is 0.271 e. The van der Waals surface area contributed by atoms with Crippen LogP contribution in [0, 0.1) is 0 Å². The molecule has 0 atom stereocenters. The van der Waals surface area contributed by atoms with Gasteiger partial charge in [0.2, 0.25) is 5.91 Å². The Morgan fingerprint density at radius 1 is 0.800 bits per heavy atom. The van der Waals surface area contributed by atoms with Crippen LogP contribution < -0.4 is 10.9 Å². The topological polar surface area (TPSA) is 89.8 Å². The molecule has 2 aromatic heterocycles. The summed E-state index contributed by atoms with van der Waals surface area (Å²) in [7, 11) is 0. The third-order valence-corrected chi connectivity index (χ3v) is 4.18. The van der Waals surface area contributed by atoms with Gasteiger partial charge in [0.15, 0.2) is 0 Å². The number of hydrogen-bond acceptors (Lipinski definition) is 2. The Hall–Kier alpha value is -3.54. The largest absolute Gasteiger partial charge is 0.361 e. The molecule has 0 aliphatic carbocycles. The number of amides is 2.